The highest BCUT2D eigenvalue weighted by molar-refractivity contribution is 4.93. The second-order valence-corrected chi connectivity index (χ2v) is 5.96. The Morgan fingerprint density at radius 1 is 1.31 bits per heavy atom. The van der Waals surface area contributed by atoms with Crippen molar-refractivity contribution in [2.75, 3.05) is 19.6 Å². The van der Waals surface area contributed by atoms with E-state index in [9.17, 15) is 0 Å². The van der Waals surface area contributed by atoms with Gasteiger partial charge in [-0.05, 0) is 57.5 Å². The monoisotopic (exact) mass is 224 g/mol. The van der Waals surface area contributed by atoms with E-state index in [0.29, 0.717) is 5.41 Å². The quantitative estimate of drug-likeness (QED) is 0.793. The minimum Gasteiger partial charge on any atom is -0.314 e. The number of hydrogen-bond donors (Lipinski definition) is 1. The highest BCUT2D eigenvalue weighted by Gasteiger charge is 2.38. The number of likely N-dealkylation sites (tertiary alicyclic amines) is 1. The molecular weight excluding hydrogens is 196 g/mol. The van der Waals surface area contributed by atoms with E-state index in [-0.39, 0.29) is 0 Å². The van der Waals surface area contributed by atoms with Crippen LogP contribution in [0.1, 0.15) is 52.9 Å². The van der Waals surface area contributed by atoms with Crippen LogP contribution in [-0.4, -0.2) is 36.6 Å². The Bertz CT molecular complexity index is 223. The molecule has 0 aromatic rings. The van der Waals surface area contributed by atoms with Crippen molar-refractivity contribution in [2.24, 2.45) is 5.41 Å². The lowest BCUT2D eigenvalue weighted by Crippen LogP contribution is -2.46. The van der Waals surface area contributed by atoms with E-state index in [1.165, 1.54) is 51.7 Å². The third-order valence-electron chi connectivity index (χ3n) is 5.08. The van der Waals surface area contributed by atoms with Crippen LogP contribution in [0.15, 0.2) is 0 Å². The molecule has 94 valence electrons. The largest absolute Gasteiger partial charge is 0.314 e. The Kier molecular flexibility index (Phi) is 3.91. The highest BCUT2D eigenvalue weighted by atomic mass is 15.2. The predicted octanol–water partition coefficient (Wildman–Crippen LogP) is 2.64. The molecule has 2 nitrogen and oxygen atoms in total. The maximum atomic E-state index is 3.56. The molecule has 2 unspecified atom stereocenters. The molecule has 16 heavy (non-hydrogen) atoms. The normalized spacial score (nSPS) is 35.4. The average Bonchev–Trinajstić information content (AvgIpc) is 2.74. The summed E-state index contributed by atoms with van der Waals surface area (Å²) in [6, 6.07) is 1.58. The molecule has 0 bridgehead atoms. The zero-order valence-corrected chi connectivity index (χ0v) is 11.3. The fourth-order valence-corrected chi connectivity index (χ4v) is 3.55. The number of piperidine rings is 1. The Morgan fingerprint density at radius 2 is 2.06 bits per heavy atom. The summed E-state index contributed by atoms with van der Waals surface area (Å²) in [5.41, 5.74) is 0.647. The number of nitrogens with zero attached hydrogens (tertiary/aromatic N) is 1. The van der Waals surface area contributed by atoms with Gasteiger partial charge in [0, 0.05) is 18.6 Å². The summed E-state index contributed by atoms with van der Waals surface area (Å²) in [4.78, 5) is 2.78. The van der Waals surface area contributed by atoms with Gasteiger partial charge in [-0.2, -0.15) is 0 Å². The van der Waals surface area contributed by atoms with E-state index in [2.05, 4.69) is 31.0 Å². The molecule has 2 rings (SSSR count). The van der Waals surface area contributed by atoms with Crippen molar-refractivity contribution < 1.29 is 0 Å². The van der Waals surface area contributed by atoms with Crippen molar-refractivity contribution in [2.45, 2.75) is 65.0 Å². The molecule has 2 fully saturated rings. The van der Waals surface area contributed by atoms with Gasteiger partial charge in [0.25, 0.3) is 0 Å². The van der Waals surface area contributed by atoms with Gasteiger partial charge in [0.05, 0.1) is 0 Å². The van der Waals surface area contributed by atoms with Crippen LogP contribution in [0.5, 0.6) is 0 Å². The van der Waals surface area contributed by atoms with Gasteiger partial charge in [-0.15, -0.1) is 0 Å². The number of hydrogen-bond acceptors (Lipinski definition) is 2. The molecule has 2 saturated heterocycles. The van der Waals surface area contributed by atoms with Crippen LogP contribution in [0.3, 0.4) is 0 Å². The minimum absolute atomic E-state index is 0.647. The van der Waals surface area contributed by atoms with Crippen LogP contribution in [0, 0.1) is 5.41 Å². The van der Waals surface area contributed by atoms with E-state index < -0.39 is 0 Å². The molecule has 0 saturated carbocycles. The molecule has 0 radical (unpaired) electrons. The van der Waals surface area contributed by atoms with Crippen LogP contribution < -0.4 is 5.32 Å². The van der Waals surface area contributed by atoms with Gasteiger partial charge in [-0.1, -0.05) is 13.8 Å². The SMILES string of the molecule is CCC1(CC)CCN(C2CCNC(C)C2)C1. The Morgan fingerprint density at radius 3 is 2.62 bits per heavy atom. The minimum atomic E-state index is 0.647. The Balaban J connectivity index is 1.92. The Labute approximate surface area is 101 Å². The molecule has 0 aromatic heterocycles. The first kappa shape index (κ1) is 12.4. The van der Waals surface area contributed by atoms with E-state index in [4.69, 9.17) is 0 Å². The summed E-state index contributed by atoms with van der Waals surface area (Å²) in [5, 5.41) is 3.56. The standard InChI is InChI=1S/C14H28N2/c1-4-14(5-2)7-9-16(11-14)13-6-8-15-12(3)10-13/h12-13,15H,4-11H2,1-3H3. The molecule has 2 heteroatoms. The summed E-state index contributed by atoms with van der Waals surface area (Å²) >= 11 is 0. The third kappa shape index (κ3) is 2.43. The van der Waals surface area contributed by atoms with Gasteiger partial charge in [0.2, 0.25) is 0 Å². The van der Waals surface area contributed by atoms with E-state index >= 15 is 0 Å². The van der Waals surface area contributed by atoms with Gasteiger partial charge in [0.15, 0.2) is 0 Å². The van der Waals surface area contributed by atoms with Crippen LogP contribution in [0.2, 0.25) is 0 Å². The molecule has 1 N–H and O–H groups in total. The van der Waals surface area contributed by atoms with Gasteiger partial charge >= 0.3 is 0 Å². The van der Waals surface area contributed by atoms with Crippen molar-refractivity contribution in [3.8, 4) is 0 Å². The first-order chi connectivity index (χ1) is 7.69. The lowest BCUT2D eigenvalue weighted by molar-refractivity contribution is 0.152. The van der Waals surface area contributed by atoms with Crippen LogP contribution in [-0.2, 0) is 0 Å². The van der Waals surface area contributed by atoms with Gasteiger partial charge in [-0.3, -0.25) is 4.90 Å². The van der Waals surface area contributed by atoms with Crippen molar-refractivity contribution in [1.82, 2.24) is 10.2 Å². The summed E-state index contributed by atoms with van der Waals surface area (Å²) in [6.07, 6.45) is 6.86. The predicted molar refractivity (Wildman–Crippen MR) is 69.7 cm³/mol. The Hall–Kier alpha value is -0.0800. The zero-order valence-electron chi connectivity index (χ0n) is 11.3. The average molecular weight is 224 g/mol. The highest BCUT2D eigenvalue weighted by Crippen LogP contribution is 2.38. The van der Waals surface area contributed by atoms with Gasteiger partial charge < -0.3 is 5.32 Å². The molecule has 2 aliphatic rings. The molecule has 0 aliphatic carbocycles. The fraction of sp³-hybridized carbons (Fsp3) is 1.00. The topological polar surface area (TPSA) is 15.3 Å². The summed E-state index contributed by atoms with van der Waals surface area (Å²) in [7, 11) is 0. The first-order valence-electron chi connectivity index (χ1n) is 7.16. The van der Waals surface area contributed by atoms with Crippen molar-refractivity contribution in [3.63, 3.8) is 0 Å². The van der Waals surface area contributed by atoms with Crippen LogP contribution in [0.4, 0.5) is 0 Å². The van der Waals surface area contributed by atoms with E-state index in [1.54, 1.807) is 0 Å². The second kappa shape index (κ2) is 5.05. The lowest BCUT2D eigenvalue weighted by atomic mass is 9.82. The van der Waals surface area contributed by atoms with Gasteiger partial charge in [-0.25, -0.2) is 0 Å². The molecule has 2 aliphatic heterocycles. The number of rotatable bonds is 3. The molecule has 0 aromatic carbocycles. The van der Waals surface area contributed by atoms with Crippen molar-refractivity contribution in [3.05, 3.63) is 0 Å². The lowest BCUT2D eigenvalue weighted by Gasteiger charge is -2.36. The maximum absolute atomic E-state index is 3.56. The van der Waals surface area contributed by atoms with E-state index in [1.807, 2.05) is 0 Å². The van der Waals surface area contributed by atoms with Crippen LogP contribution in [0.25, 0.3) is 0 Å². The summed E-state index contributed by atoms with van der Waals surface area (Å²) in [6.45, 7) is 11.0. The fourth-order valence-electron chi connectivity index (χ4n) is 3.55. The maximum Gasteiger partial charge on any atom is 0.0122 e. The van der Waals surface area contributed by atoms with E-state index in [0.717, 1.165) is 12.1 Å². The van der Waals surface area contributed by atoms with Gasteiger partial charge in [0.1, 0.15) is 0 Å². The van der Waals surface area contributed by atoms with Crippen LogP contribution >= 0.6 is 0 Å². The number of nitrogens with one attached hydrogen (secondary N) is 1. The third-order valence-corrected chi connectivity index (χ3v) is 5.08. The molecule has 2 atom stereocenters. The summed E-state index contributed by atoms with van der Waals surface area (Å²) in [5.74, 6) is 0. The molecule has 0 amide bonds. The summed E-state index contributed by atoms with van der Waals surface area (Å²) < 4.78 is 0. The molecule has 0 spiro atoms. The zero-order chi connectivity index (χ0) is 11.6. The first-order valence-corrected chi connectivity index (χ1v) is 7.16. The molecular formula is C14H28N2. The molecule has 2 heterocycles. The second-order valence-electron chi connectivity index (χ2n) is 5.96. The van der Waals surface area contributed by atoms with Crippen molar-refractivity contribution >= 4 is 0 Å². The van der Waals surface area contributed by atoms with Crippen molar-refractivity contribution in [1.29, 1.82) is 0 Å². The smallest absolute Gasteiger partial charge is 0.0122 e.